The number of halogens is 3. The van der Waals surface area contributed by atoms with E-state index in [1.807, 2.05) is 0 Å². The van der Waals surface area contributed by atoms with E-state index >= 15 is 0 Å². The van der Waals surface area contributed by atoms with Crippen molar-refractivity contribution >= 4 is 31.0 Å². The average molecular weight is 408 g/mol. The summed E-state index contributed by atoms with van der Waals surface area (Å²) >= 11 is 4.87. The minimum atomic E-state index is -5.33. The Kier molecular flexibility index (Phi) is 10.6. The first kappa shape index (κ1) is 24.1. The van der Waals surface area contributed by atoms with Crippen LogP contribution in [0.5, 0.6) is 0 Å². The zero-order valence-corrected chi connectivity index (χ0v) is 15.9. The van der Waals surface area contributed by atoms with Gasteiger partial charge in [0.2, 0.25) is 0 Å². The maximum atomic E-state index is 13.1. The van der Waals surface area contributed by atoms with Gasteiger partial charge in [-0.05, 0) is 20.8 Å². The Morgan fingerprint density at radius 2 is 1.68 bits per heavy atom. The number of carboxylic acids is 1. The minimum Gasteiger partial charge on any atom is -0.480 e. The number of carboxylic acid groups (broad SMARTS) is 1. The van der Waals surface area contributed by atoms with Crippen molar-refractivity contribution in [2.24, 2.45) is 0 Å². The molecule has 0 aliphatic rings. The average Bonchev–Trinajstić information content (AvgIpc) is 2.52. The highest BCUT2D eigenvalue weighted by molar-refractivity contribution is 7.96. The van der Waals surface area contributed by atoms with Gasteiger partial charge in [0.15, 0.2) is 11.8 Å². The zero-order valence-electron chi connectivity index (χ0n) is 14.1. The molecule has 0 aromatic carbocycles. The molecule has 0 aliphatic carbocycles. The summed E-state index contributed by atoms with van der Waals surface area (Å²) in [7, 11) is -0.884. The van der Waals surface area contributed by atoms with Crippen molar-refractivity contribution in [2.75, 3.05) is 26.4 Å². The lowest BCUT2D eigenvalue weighted by Gasteiger charge is -2.37. The van der Waals surface area contributed by atoms with Gasteiger partial charge in [-0.2, -0.15) is 13.2 Å². The first-order valence-corrected chi connectivity index (χ1v) is 9.62. The van der Waals surface area contributed by atoms with Crippen LogP contribution >= 0.6 is 7.36 Å². The van der Waals surface area contributed by atoms with Gasteiger partial charge in [-0.3, -0.25) is 14.3 Å². The summed E-state index contributed by atoms with van der Waals surface area (Å²) in [6.07, 6.45) is -5.71. The number of amides is 1. The van der Waals surface area contributed by atoms with Crippen LogP contribution in [0.25, 0.3) is 0 Å². The smallest absolute Gasteiger partial charge is 0.471 e. The van der Waals surface area contributed by atoms with Gasteiger partial charge in [-0.1, -0.05) is 0 Å². The lowest BCUT2D eigenvalue weighted by molar-refractivity contribution is -0.272. The molecule has 25 heavy (non-hydrogen) atoms. The van der Waals surface area contributed by atoms with Gasteiger partial charge < -0.3 is 9.84 Å². The Bertz CT molecular complexity index is 460. The highest BCUT2D eigenvalue weighted by atomic mass is 32.4. The number of alkyl halides is 3. The number of aliphatic carboxylic acids is 1. The van der Waals surface area contributed by atoms with Crippen molar-refractivity contribution in [3.8, 4) is 0 Å². The largest absolute Gasteiger partial charge is 0.480 e. The van der Waals surface area contributed by atoms with Crippen LogP contribution in [0.15, 0.2) is 0 Å². The molecule has 0 spiro atoms. The molecule has 0 rings (SSSR count). The number of carbonyl (C=O) groups is 2. The third kappa shape index (κ3) is 6.74. The molecule has 0 aromatic rings. The molecule has 146 valence electrons. The summed E-state index contributed by atoms with van der Waals surface area (Å²) in [5.41, 5.74) is -2.29. The number of rotatable bonds is 12. The SMILES string of the molecule is CCOCCC(C(=O)O)N(C(=O)C(F)(F)F)C(OCC)(OCC)[PH+]=S. The Hall–Kier alpha value is -0.870. The van der Waals surface area contributed by atoms with Crippen LogP contribution in [0, 0.1) is 0 Å². The molecule has 12 heteroatoms. The van der Waals surface area contributed by atoms with Crippen molar-refractivity contribution in [2.45, 2.75) is 45.1 Å². The Balaban J connectivity index is 6.13. The van der Waals surface area contributed by atoms with Gasteiger partial charge in [0.25, 0.3) is 7.36 Å². The van der Waals surface area contributed by atoms with E-state index in [2.05, 4.69) is 0 Å². The molecule has 0 aliphatic heterocycles. The molecule has 0 radical (unpaired) electrons. The first-order chi connectivity index (χ1) is 11.6. The number of nitrogens with zero attached hydrogens (tertiary/aromatic N) is 1. The summed E-state index contributed by atoms with van der Waals surface area (Å²) in [6, 6.07) is -1.88. The fourth-order valence-corrected chi connectivity index (χ4v) is 3.41. The normalized spacial score (nSPS) is 13.7. The minimum absolute atomic E-state index is 0.0484. The first-order valence-electron chi connectivity index (χ1n) is 7.49. The van der Waals surface area contributed by atoms with Crippen LogP contribution in [-0.4, -0.2) is 66.2 Å². The Labute approximate surface area is 150 Å². The lowest BCUT2D eigenvalue weighted by Crippen LogP contribution is -2.62. The second-order valence-corrected chi connectivity index (χ2v) is 6.01. The molecule has 0 heterocycles. The molecule has 2 unspecified atom stereocenters. The van der Waals surface area contributed by atoms with E-state index < -0.39 is 37.1 Å². The van der Waals surface area contributed by atoms with E-state index in [9.17, 15) is 27.9 Å². The Morgan fingerprint density at radius 1 is 1.16 bits per heavy atom. The molecule has 0 saturated carbocycles. The third-order valence-electron chi connectivity index (χ3n) is 2.92. The summed E-state index contributed by atoms with van der Waals surface area (Å²) in [4.78, 5) is 23.6. The van der Waals surface area contributed by atoms with E-state index in [0.717, 1.165) is 0 Å². The van der Waals surface area contributed by atoms with Crippen LogP contribution in [-0.2, 0) is 35.6 Å². The second kappa shape index (κ2) is 11.0. The number of ether oxygens (including phenoxy) is 3. The summed E-state index contributed by atoms with van der Waals surface area (Å²) in [5.74, 6) is -4.04. The monoisotopic (exact) mass is 408 g/mol. The predicted molar refractivity (Wildman–Crippen MR) is 87.1 cm³/mol. The highest BCUT2D eigenvalue weighted by Crippen LogP contribution is 2.37. The molecule has 0 aromatic heterocycles. The standard InChI is InChI=1S/C13H21F3NO6PS/c1-4-21-8-7-9(10(18)19)17(11(20)12(14,15)16)13(24-25,22-5-2)23-6-3/h9H,4-8H2,1-3H3,(H,18,19)/p+1. The van der Waals surface area contributed by atoms with E-state index in [-0.39, 0.29) is 37.7 Å². The van der Waals surface area contributed by atoms with Gasteiger partial charge in [0, 0.05) is 19.6 Å². The van der Waals surface area contributed by atoms with E-state index in [1.54, 1.807) is 6.92 Å². The van der Waals surface area contributed by atoms with Crippen LogP contribution in [0.3, 0.4) is 0 Å². The Morgan fingerprint density at radius 3 is 2.00 bits per heavy atom. The van der Waals surface area contributed by atoms with Crippen LogP contribution in [0.1, 0.15) is 27.2 Å². The molecule has 2 atom stereocenters. The van der Waals surface area contributed by atoms with Crippen molar-refractivity contribution in [1.29, 1.82) is 0 Å². The van der Waals surface area contributed by atoms with Gasteiger partial charge in [0.05, 0.1) is 13.2 Å². The topological polar surface area (TPSA) is 85.3 Å². The maximum Gasteiger partial charge on any atom is 0.471 e. The molecule has 0 bridgehead atoms. The van der Waals surface area contributed by atoms with Gasteiger partial charge in [-0.15, -0.1) is 0 Å². The molecular formula is C13H22F3NO6PS+. The van der Waals surface area contributed by atoms with Crippen molar-refractivity contribution in [1.82, 2.24) is 4.90 Å². The summed E-state index contributed by atoms with van der Waals surface area (Å²) < 4.78 is 54.8. The lowest BCUT2D eigenvalue weighted by atomic mass is 10.2. The van der Waals surface area contributed by atoms with E-state index in [0.29, 0.717) is 0 Å². The quantitative estimate of drug-likeness (QED) is 0.301. The third-order valence-corrected chi connectivity index (χ3v) is 4.49. The van der Waals surface area contributed by atoms with Crippen molar-refractivity contribution < 1.29 is 42.1 Å². The fourth-order valence-electron chi connectivity index (χ4n) is 2.00. The van der Waals surface area contributed by atoms with Gasteiger partial charge in [-0.25, -0.2) is 9.69 Å². The second-order valence-electron chi connectivity index (χ2n) is 4.56. The predicted octanol–water partition coefficient (Wildman–Crippen LogP) is 2.08. The number of carbonyl (C=O) groups excluding carboxylic acids is 1. The van der Waals surface area contributed by atoms with Gasteiger partial charge in [0.1, 0.15) is 6.04 Å². The molecule has 7 nitrogen and oxygen atoms in total. The summed E-state index contributed by atoms with van der Waals surface area (Å²) in [5, 5.41) is 9.39. The van der Waals surface area contributed by atoms with Crippen molar-refractivity contribution in [3.63, 3.8) is 0 Å². The molecular weight excluding hydrogens is 386 g/mol. The number of hydrogen-bond acceptors (Lipinski definition) is 6. The van der Waals surface area contributed by atoms with E-state index in [1.165, 1.54) is 13.8 Å². The van der Waals surface area contributed by atoms with Gasteiger partial charge >= 0.3 is 23.7 Å². The summed E-state index contributed by atoms with van der Waals surface area (Å²) in [6.45, 7) is 4.38. The number of hydrogen-bond donors (Lipinski definition) is 1. The molecule has 1 amide bonds. The molecule has 0 fully saturated rings. The highest BCUT2D eigenvalue weighted by Gasteiger charge is 2.59. The van der Waals surface area contributed by atoms with Crippen LogP contribution in [0.4, 0.5) is 13.2 Å². The van der Waals surface area contributed by atoms with Crippen LogP contribution < -0.4 is 0 Å². The van der Waals surface area contributed by atoms with Crippen LogP contribution in [0.2, 0.25) is 0 Å². The molecule has 1 N–H and O–H groups in total. The van der Waals surface area contributed by atoms with Crippen molar-refractivity contribution in [3.05, 3.63) is 0 Å². The fraction of sp³-hybridized carbons (Fsp3) is 0.846. The maximum absolute atomic E-state index is 13.1. The van der Waals surface area contributed by atoms with E-state index in [4.69, 9.17) is 26.0 Å². The molecule has 0 saturated heterocycles. The zero-order chi connectivity index (χ0) is 19.7.